The Labute approximate surface area is 98.6 Å². The van der Waals surface area contributed by atoms with Gasteiger partial charge >= 0.3 is 5.97 Å². The molecule has 0 atom stereocenters. The SMILES string of the molecule is NC(=O)CCCn1cc(CCCC(=O)O)nn1. The van der Waals surface area contributed by atoms with Crippen molar-refractivity contribution in [2.75, 3.05) is 0 Å². The van der Waals surface area contributed by atoms with Gasteiger partial charge in [0.25, 0.3) is 0 Å². The molecule has 0 unspecified atom stereocenters. The van der Waals surface area contributed by atoms with Gasteiger partial charge in [0.15, 0.2) is 0 Å². The fourth-order valence-corrected chi connectivity index (χ4v) is 1.40. The number of aryl methyl sites for hydroxylation is 2. The number of primary amides is 1. The molecule has 0 aliphatic heterocycles. The van der Waals surface area contributed by atoms with E-state index in [1.54, 1.807) is 10.9 Å². The first kappa shape index (κ1) is 13.1. The Bertz CT molecular complexity index is 354. The van der Waals surface area contributed by atoms with Crippen LogP contribution in [0.4, 0.5) is 0 Å². The molecule has 0 radical (unpaired) electrons. The number of carboxylic acids is 1. The fraction of sp³-hybridized carbons (Fsp3) is 0.600. The topological polar surface area (TPSA) is 111 Å². The zero-order valence-electron chi connectivity index (χ0n) is 9.50. The highest BCUT2D eigenvalue weighted by Gasteiger charge is 2.03. The summed E-state index contributed by atoms with van der Waals surface area (Å²) in [6.45, 7) is 0.592. The minimum Gasteiger partial charge on any atom is -0.481 e. The molecule has 1 aromatic rings. The number of aliphatic carboxylic acids is 1. The van der Waals surface area contributed by atoms with Crippen molar-refractivity contribution < 1.29 is 14.7 Å². The van der Waals surface area contributed by atoms with E-state index in [-0.39, 0.29) is 12.3 Å². The summed E-state index contributed by atoms with van der Waals surface area (Å²) in [6, 6.07) is 0. The van der Waals surface area contributed by atoms with Crippen molar-refractivity contribution >= 4 is 11.9 Å². The number of hydrogen-bond donors (Lipinski definition) is 2. The predicted octanol–water partition coefficient (Wildman–Crippen LogP) is -0.0491. The van der Waals surface area contributed by atoms with Crippen LogP contribution in [0, 0.1) is 0 Å². The zero-order valence-corrected chi connectivity index (χ0v) is 9.50. The summed E-state index contributed by atoms with van der Waals surface area (Å²) in [4.78, 5) is 20.8. The van der Waals surface area contributed by atoms with Gasteiger partial charge in [-0.05, 0) is 19.3 Å². The van der Waals surface area contributed by atoms with E-state index < -0.39 is 5.97 Å². The van der Waals surface area contributed by atoms with Gasteiger partial charge in [0.2, 0.25) is 5.91 Å². The monoisotopic (exact) mass is 240 g/mol. The molecule has 0 saturated carbocycles. The largest absolute Gasteiger partial charge is 0.481 e. The standard InChI is InChI=1S/C10H16N4O3/c11-9(15)4-2-6-14-7-8(12-13-14)3-1-5-10(16)17/h7H,1-6H2,(H2,11,15)(H,16,17). The lowest BCUT2D eigenvalue weighted by Crippen LogP contribution is -2.11. The van der Waals surface area contributed by atoms with Gasteiger partial charge in [-0.25, -0.2) is 0 Å². The van der Waals surface area contributed by atoms with E-state index >= 15 is 0 Å². The number of amides is 1. The molecule has 3 N–H and O–H groups in total. The maximum atomic E-state index is 10.5. The number of hydrogen-bond acceptors (Lipinski definition) is 4. The molecule has 0 aliphatic rings. The van der Waals surface area contributed by atoms with E-state index in [1.807, 2.05) is 0 Å². The van der Waals surface area contributed by atoms with E-state index in [4.69, 9.17) is 10.8 Å². The van der Waals surface area contributed by atoms with Gasteiger partial charge in [0.1, 0.15) is 0 Å². The lowest BCUT2D eigenvalue weighted by atomic mass is 10.2. The van der Waals surface area contributed by atoms with Crippen molar-refractivity contribution in [3.05, 3.63) is 11.9 Å². The van der Waals surface area contributed by atoms with Crippen LogP contribution in [0.15, 0.2) is 6.20 Å². The first-order valence-electron chi connectivity index (χ1n) is 5.47. The number of nitrogens with zero attached hydrogens (tertiary/aromatic N) is 3. The number of aromatic nitrogens is 3. The maximum absolute atomic E-state index is 10.5. The Morgan fingerprint density at radius 2 is 2.12 bits per heavy atom. The molecule has 0 spiro atoms. The number of carboxylic acid groups (broad SMARTS) is 1. The molecule has 7 nitrogen and oxygen atoms in total. The summed E-state index contributed by atoms with van der Waals surface area (Å²) in [5.41, 5.74) is 5.78. The third kappa shape index (κ3) is 5.64. The minimum atomic E-state index is -0.807. The minimum absolute atomic E-state index is 0.133. The molecule has 94 valence electrons. The van der Waals surface area contributed by atoms with Crippen molar-refractivity contribution in [1.82, 2.24) is 15.0 Å². The molecule has 17 heavy (non-hydrogen) atoms. The predicted molar refractivity (Wildman–Crippen MR) is 59.0 cm³/mol. The maximum Gasteiger partial charge on any atom is 0.303 e. The van der Waals surface area contributed by atoms with Gasteiger partial charge in [0.05, 0.1) is 5.69 Å². The molecule has 1 aromatic heterocycles. The molecular formula is C10H16N4O3. The van der Waals surface area contributed by atoms with Crippen LogP contribution in [-0.4, -0.2) is 32.0 Å². The van der Waals surface area contributed by atoms with Crippen LogP contribution >= 0.6 is 0 Å². The molecule has 0 aromatic carbocycles. The van der Waals surface area contributed by atoms with Crippen LogP contribution in [-0.2, 0) is 22.6 Å². The first-order chi connectivity index (χ1) is 8.08. The highest BCUT2D eigenvalue weighted by Crippen LogP contribution is 2.02. The second-order valence-electron chi connectivity index (χ2n) is 3.79. The number of carbonyl (C=O) groups excluding carboxylic acids is 1. The first-order valence-corrected chi connectivity index (χ1v) is 5.47. The molecular weight excluding hydrogens is 224 g/mol. The van der Waals surface area contributed by atoms with E-state index in [0.717, 1.165) is 5.69 Å². The second kappa shape index (κ2) is 6.62. The molecule has 1 amide bonds. The van der Waals surface area contributed by atoms with Gasteiger partial charge in [-0.15, -0.1) is 5.10 Å². The van der Waals surface area contributed by atoms with E-state index in [9.17, 15) is 9.59 Å². The van der Waals surface area contributed by atoms with Crippen LogP contribution in [0.2, 0.25) is 0 Å². The van der Waals surface area contributed by atoms with Crippen molar-refractivity contribution in [1.29, 1.82) is 0 Å². The second-order valence-corrected chi connectivity index (χ2v) is 3.79. The normalized spacial score (nSPS) is 10.4. The van der Waals surface area contributed by atoms with Gasteiger partial charge < -0.3 is 10.8 Å². The van der Waals surface area contributed by atoms with Gasteiger partial charge in [-0.1, -0.05) is 5.21 Å². The van der Waals surface area contributed by atoms with Crippen molar-refractivity contribution in [2.24, 2.45) is 5.73 Å². The van der Waals surface area contributed by atoms with E-state index in [2.05, 4.69) is 10.3 Å². The third-order valence-corrected chi connectivity index (χ3v) is 2.22. The summed E-state index contributed by atoms with van der Waals surface area (Å²) >= 11 is 0. The Morgan fingerprint density at radius 3 is 2.76 bits per heavy atom. The number of rotatable bonds is 8. The summed E-state index contributed by atoms with van der Waals surface area (Å²) in [7, 11) is 0. The lowest BCUT2D eigenvalue weighted by Gasteiger charge is -1.97. The summed E-state index contributed by atoms with van der Waals surface area (Å²) in [6.07, 6.45) is 4.01. The summed E-state index contributed by atoms with van der Waals surface area (Å²) < 4.78 is 1.64. The highest BCUT2D eigenvalue weighted by atomic mass is 16.4. The van der Waals surface area contributed by atoms with E-state index in [1.165, 1.54) is 0 Å². The van der Waals surface area contributed by atoms with Gasteiger partial charge in [-0.3, -0.25) is 14.3 Å². The van der Waals surface area contributed by atoms with Crippen molar-refractivity contribution in [3.8, 4) is 0 Å². The quantitative estimate of drug-likeness (QED) is 0.661. The molecule has 0 bridgehead atoms. The molecule has 0 fully saturated rings. The Morgan fingerprint density at radius 1 is 1.35 bits per heavy atom. The molecule has 0 aliphatic carbocycles. The van der Waals surface area contributed by atoms with Crippen LogP contribution in [0.1, 0.15) is 31.4 Å². The Balaban J connectivity index is 2.27. The third-order valence-electron chi connectivity index (χ3n) is 2.22. The molecule has 0 saturated heterocycles. The van der Waals surface area contributed by atoms with Crippen molar-refractivity contribution in [3.63, 3.8) is 0 Å². The Kier molecular flexibility index (Phi) is 5.12. The summed E-state index contributed by atoms with van der Waals surface area (Å²) in [5, 5.41) is 16.3. The van der Waals surface area contributed by atoms with Gasteiger partial charge in [-0.2, -0.15) is 0 Å². The highest BCUT2D eigenvalue weighted by molar-refractivity contribution is 5.73. The number of carbonyl (C=O) groups is 2. The summed E-state index contributed by atoms with van der Waals surface area (Å²) in [5.74, 6) is -1.13. The smallest absolute Gasteiger partial charge is 0.303 e. The average molecular weight is 240 g/mol. The zero-order chi connectivity index (χ0) is 12.7. The van der Waals surface area contributed by atoms with Crippen LogP contribution in [0.5, 0.6) is 0 Å². The van der Waals surface area contributed by atoms with Crippen molar-refractivity contribution in [2.45, 2.75) is 38.6 Å². The van der Waals surface area contributed by atoms with Gasteiger partial charge in [0, 0.05) is 25.6 Å². The van der Waals surface area contributed by atoms with Crippen LogP contribution in [0.3, 0.4) is 0 Å². The van der Waals surface area contributed by atoms with E-state index in [0.29, 0.717) is 32.2 Å². The fourth-order valence-electron chi connectivity index (χ4n) is 1.40. The molecule has 1 heterocycles. The lowest BCUT2D eigenvalue weighted by molar-refractivity contribution is -0.137. The number of nitrogens with two attached hydrogens (primary N) is 1. The molecule has 7 heteroatoms. The molecule has 1 rings (SSSR count). The Hall–Kier alpha value is -1.92. The van der Waals surface area contributed by atoms with Crippen LogP contribution < -0.4 is 5.73 Å². The van der Waals surface area contributed by atoms with Crippen LogP contribution in [0.25, 0.3) is 0 Å². The average Bonchev–Trinajstić information content (AvgIpc) is 2.65.